The van der Waals surface area contributed by atoms with Gasteiger partial charge in [0, 0.05) is 54.7 Å². The molecule has 146 valence electrons. The Labute approximate surface area is 167 Å². The van der Waals surface area contributed by atoms with E-state index in [1.165, 1.54) is 6.42 Å². The second-order valence-electron chi connectivity index (χ2n) is 8.14. The molecule has 1 N–H and O–H groups in total. The van der Waals surface area contributed by atoms with Crippen LogP contribution in [0.5, 0.6) is 0 Å². The first-order valence-electron chi connectivity index (χ1n) is 9.96. The fourth-order valence-electron chi connectivity index (χ4n) is 4.77. The topological polar surface area (TPSA) is 75.7 Å². The van der Waals surface area contributed by atoms with Crippen LogP contribution in [0.1, 0.15) is 17.8 Å². The molecule has 2 atom stereocenters. The van der Waals surface area contributed by atoms with Crippen molar-refractivity contribution in [1.82, 2.24) is 19.7 Å². The van der Waals surface area contributed by atoms with Crippen molar-refractivity contribution in [3.05, 3.63) is 58.5 Å². The molecule has 0 radical (unpaired) electrons. The molecule has 7 nitrogen and oxygen atoms in total. The number of imidazole rings is 1. The highest BCUT2D eigenvalue weighted by molar-refractivity contribution is 5.84. The molecule has 1 aromatic carbocycles. The van der Waals surface area contributed by atoms with Gasteiger partial charge in [-0.2, -0.15) is 0 Å². The SMILES string of the molecule is Cc1cn2cc(-c3cc4ccc(N5CC6CC5CN6)cc4oc3=O)nc2c(C)n1. The second kappa shape index (κ2) is 5.90. The maximum absolute atomic E-state index is 12.8. The first kappa shape index (κ1) is 16.7. The fourth-order valence-corrected chi connectivity index (χ4v) is 4.77. The van der Waals surface area contributed by atoms with E-state index in [4.69, 9.17) is 4.42 Å². The molecule has 2 unspecified atom stereocenters. The Morgan fingerprint density at radius 1 is 1.17 bits per heavy atom. The lowest BCUT2D eigenvalue weighted by Gasteiger charge is -2.29. The third-order valence-electron chi connectivity index (χ3n) is 6.11. The van der Waals surface area contributed by atoms with Crippen LogP contribution in [-0.4, -0.2) is 39.5 Å². The molecule has 0 aliphatic carbocycles. The van der Waals surface area contributed by atoms with Crippen molar-refractivity contribution < 1.29 is 4.42 Å². The van der Waals surface area contributed by atoms with Crippen LogP contribution >= 0.6 is 0 Å². The zero-order valence-electron chi connectivity index (χ0n) is 16.3. The van der Waals surface area contributed by atoms with Crippen LogP contribution < -0.4 is 15.8 Å². The fraction of sp³-hybridized carbons (Fsp3) is 0.318. The maximum Gasteiger partial charge on any atom is 0.345 e. The van der Waals surface area contributed by atoms with E-state index in [2.05, 4.69) is 26.3 Å². The normalized spacial score (nSPS) is 21.0. The Balaban J connectivity index is 1.44. The molecule has 0 spiro atoms. The van der Waals surface area contributed by atoms with Crippen LogP contribution in [0.15, 0.2) is 45.9 Å². The second-order valence-corrected chi connectivity index (χ2v) is 8.14. The minimum Gasteiger partial charge on any atom is -0.422 e. The number of aryl methyl sites for hydroxylation is 2. The van der Waals surface area contributed by atoms with Gasteiger partial charge in [-0.3, -0.25) is 4.98 Å². The van der Waals surface area contributed by atoms with Crippen molar-refractivity contribution in [2.24, 2.45) is 0 Å². The van der Waals surface area contributed by atoms with Crippen molar-refractivity contribution in [1.29, 1.82) is 0 Å². The van der Waals surface area contributed by atoms with E-state index >= 15 is 0 Å². The van der Waals surface area contributed by atoms with E-state index < -0.39 is 0 Å². The number of aromatic nitrogens is 3. The molecule has 29 heavy (non-hydrogen) atoms. The third kappa shape index (κ3) is 2.57. The smallest absolute Gasteiger partial charge is 0.345 e. The summed E-state index contributed by atoms with van der Waals surface area (Å²) in [7, 11) is 0. The zero-order chi connectivity index (χ0) is 19.7. The lowest BCUT2D eigenvalue weighted by Crippen LogP contribution is -2.43. The summed E-state index contributed by atoms with van der Waals surface area (Å²) >= 11 is 0. The molecule has 2 fully saturated rings. The standard InChI is InChI=1S/C22H21N5O2/c1-12-9-26-11-19(25-21(26)13(2)24-12)18-5-14-3-4-16(7-20(14)29-22(18)28)27-10-15-6-17(27)8-23-15/h3-5,7,9,11,15,17,23H,6,8,10H2,1-2H3. The van der Waals surface area contributed by atoms with Gasteiger partial charge in [0.15, 0.2) is 5.65 Å². The molecule has 5 heterocycles. The summed E-state index contributed by atoms with van der Waals surface area (Å²) in [5.41, 5.74) is 4.92. The Hall–Kier alpha value is -3.19. The average molecular weight is 387 g/mol. The minimum atomic E-state index is -0.370. The molecule has 0 saturated carbocycles. The Morgan fingerprint density at radius 3 is 2.86 bits per heavy atom. The van der Waals surface area contributed by atoms with Crippen molar-refractivity contribution in [3.8, 4) is 11.3 Å². The molecule has 3 aromatic heterocycles. The summed E-state index contributed by atoms with van der Waals surface area (Å²) in [4.78, 5) is 24.3. The van der Waals surface area contributed by atoms with E-state index in [0.717, 1.165) is 41.2 Å². The third-order valence-corrected chi connectivity index (χ3v) is 6.11. The van der Waals surface area contributed by atoms with Gasteiger partial charge in [-0.25, -0.2) is 9.78 Å². The molecule has 2 aliphatic rings. The number of benzene rings is 1. The first-order chi connectivity index (χ1) is 14.0. The monoisotopic (exact) mass is 387 g/mol. The number of nitrogens with zero attached hydrogens (tertiary/aromatic N) is 4. The highest BCUT2D eigenvalue weighted by Crippen LogP contribution is 2.32. The minimum absolute atomic E-state index is 0.370. The van der Waals surface area contributed by atoms with Crippen LogP contribution in [0.3, 0.4) is 0 Å². The van der Waals surface area contributed by atoms with E-state index in [-0.39, 0.29) is 5.63 Å². The van der Waals surface area contributed by atoms with Gasteiger partial charge < -0.3 is 19.0 Å². The van der Waals surface area contributed by atoms with Crippen molar-refractivity contribution >= 4 is 22.3 Å². The summed E-state index contributed by atoms with van der Waals surface area (Å²) in [5, 5.41) is 4.41. The van der Waals surface area contributed by atoms with Gasteiger partial charge in [0.1, 0.15) is 5.58 Å². The number of piperazine rings is 1. The quantitative estimate of drug-likeness (QED) is 0.533. The molecule has 6 rings (SSSR count). The Morgan fingerprint density at radius 2 is 2.07 bits per heavy atom. The zero-order valence-corrected chi connectivity index (χ0v) is 16.3. The van der Waals surface area contributed by atoms with Gasteiger partial charge in [0.05, 0.1) is 22.6 Å². The average Bonchev–Trinajstić information content (AvgIpc) is 3.42. The van der Waals surface area contributed by atoms with Gasteiger partial charge in [0.2, 0.25) is 0 Å². The summed E-state index contributed by atoms with van der Waals surface area (Å²) in [5.74, 6) is 0. The molecule has 2 aliphatic heterocycles. The largest absolute Gasteiger partial charge is 0.422 e. The van der Waals surface area contributed by atoms with Crippen LogP contribution in [0.25, 0.3) is 27.9 Å². The van der Waals surface area contributed by atoms with Gasteiger partial charge in [-0.1, -0.05) is 0 Å². The summed E-state index contributed by atoms with van der Waals surface area (Å²) in [6.45, 7) is 5.89. The number of rotatable bonds is 2. The number of nitrogens with one attached hydrogen (secondary N) is 1. The lowest BCUT2D eigenvalue weighted by atomic mass is 10.1. The van der Waals surface area contributed by atoms with Gasteiger partial charge in [-0.15, -0.1) is 0 Å². The molecule has 0 amide bonds. The van der Waals surface area contributed by atoms with E-state index in [1.54, 1.807) is 0 Å². The Kier molecular flexibility index (Phi) is 3.41. The molecular formula is C22H21N5O2. The van der Waals surface area contributed by atoms with Crippen LogP contribution in [0.2, 0.25) is 0 Å². The summed E-state index contributed by atoms with van der Waals surface area (Å²) in [6, 6.07) is 9.11. The van der Waals surface area contributed by atoms with Crippen molar-refractivity contribution in [3.63, 3.8) is 0 Å². The number of fused-ring (bicyclic) bond motifs is 4. The van der Waals surface area contributed by atoms with Crippen LogP contribution in [0, 0.1) is 13.8 Å². The predicted molar refractivity (Wildman–Crippen MR) is 111 cm³/mol. The van der Waals surface area contributed by atoms with Crippen molar-refractivity contribution in [2.75, 3.05) is 18.0 Å². The van der Waals surface area contributed by atoms with Gasteiger partial charge in [0.25, 0.3) is 0 Å². The number of anilines is 1. The van der Waals surface area contributed by atoms with Crippen LogP contribution in [-0.2, 0) is 0 Å². The highest BCUT2D eigenvalue weighted by Gasteiger charge is 2.37. The Bertz CT molecular complexity index is 1340. The van der Waals surface area contributed by atoms with Crippen LogP contribution in [0.4, 0.5) is 5.69 Å². The van der Waals surface area contributed by atoms with Gasteiger partial charge >= 0.3 is 5.63 Å². The molecule has 4 aromatic rings. The summed E-state index contributed by atoms with van der Waals surface area (Å²) in [6.07, 6.45) is 4.95. The van der Waals surface area contributed by atoms with E-state index in [0.29, 0.717) is 28.9 Å². The maximum atomic E-state index is 12.8. The lowest BCUT2D eigenvalue weighted by molar-refractivity contribution is 0.561. The van der Waals surface area contributed by atoms with E-state index in [1.807, 2.05) is 48.8 Å². The number of hydrogen-bond acceptors (Lipinski definition) is 6. The van der Waals surface area contributed by atoms with Crippen molar-refractivity contribution in [2.45, 2.75) is 32.4 Å². The molecule has 2 saturated heterocycles. The first-order valence-corrected chi connectivity index (χ1v) is 9.96. The molecule has 7 heteroatoms. The highest BCUT2D eigenvalue weighted by atomic mass is 16.4. The summed E-state index contributed by atoms with van der Waals surface area (Å²) < 4.78 is 7.63. The predicted octanol–water partition coefficient (Wildman–Crippen LogP) is 2.67. The number of hydrogen-bond donors (Lipinski definition) is 1. The molecular weight excluding hydrogens is 366 g/mol. The van der Waals surface area contributed by atoms with E-state index in [9.17, 15) is 4.79 Å². The molecule has 2 bridgehead atoms. The van der Waals surface area contributed by atoms with Gasteiger partial charge in [-0.05, 0) is 38.5 Å².